The van der Waals surface area contributed by atoms with Crippen LogP contribution < -0.4 is 0 Å². The molecule has 1 amide bonds. The fraction of sp³-hybridized carbons (Fsp3) is 0.417. The van der Waals surface area contributed by atoms with Crippen LogP contribution in [0.1, 0.15) is 12.5 Å². The van der Waals surface area contributed by atoms with Gasteiger partial charge in [0.05, 0.1) is 7.11 Å². The summed E-state index contributed by atoms with van der Waals surface area (Å²) in [4.78, 5) is 12.8. The average molecular weight is 225 g/mol. The molecule has 4 heteroatoms. The third-order valence-corrected chi connectivity index (χ3v) is 2.42. The van der Waals surface area contributed by atoms with E-state index in [0.29, 0.717) is 25.1 Å². The molecule has 0 saturated heterocycles. The van der Waals surface area contributed by atoms with Gasteiger partial charge in [-0.1, -0.05) is 18.2 Å². The van der Waals surface area contributed by atoms with Gasteiger partial charge < -0.3 is 9.64 Å². The maximum Gasteiger partial charge on any atom is 0.409 e. The summed E-state index contributed by atoms with van der Waals surface area (Å²) in [5.74, 6) is -0.233. The van der Waals surface area contributed by atoms with Gasteiger partial charge in [0.1, 0.15) is 5.82 Å². The first-order chi connectivity index (χ1) is 7.69. The molecule has 3 nitrogen and oxygen atoms in total. The predicted molar refractivity (Wildman–Crippen MR) is 59.8 cm³/mol. The monoisotopic (exact) mass is 225 g/mol. The molecule has 88 valence electrons. The van der Waals surface area contributed by atoms with Gasteiger partial charge in [0, 0.05) is 13.1 Å². The average Bonchev–Trinajstić information content (AvgIpc) is 2.31. The van der Waals surface area contributed by atoms with Crippen molar-refractivity contribution in [3.8, 4) is 0 Å². The zero-order valence-electron chi connectivity index (χ0n) is 9.57. The molecule has 16 heavy (non-hydrogen) atoms. The Morgan fingerprint density at radius 2 is 2.12 bits per heavy atom. The van der Waals surface area contributed by atoms with Gasteiger partial charge in [-0.2, -0.15) is 0 Å². The summed E-state index contributed by atoms with van der Waals surface area (Å²) >= 11 is 0. The van der Waals surface area contributed by atoms with Crippen molar-refractivity contribution in [3.05, 3.63) is 35.6 Å². The third-order valence-electron chi connectivity index (χ3n) is 2.42. The van der Waals surface area contributed by atoms with Crippen molar-refractivity contribution in [3.63, 3.8) is 0 Å². The summed E-state index contributed by atoms with van der Waals surface area (Å²) in [6.45, 7) is 2.88. The lowest BCUT2D eigenvalue weighted by Crippen LogP contribution is -2.32. The molecule has 0 saturated carbocycles. The highest BCUT2D eigenvalue weighted by Gasteiger charge is 2.11. The van der Waals surface area contributed by atoms with E-state index in [1.54, 1.807) is 18.2 Å². The number of likely N-dealkylation sites (N-methyl/N-ethyl adjacent to an activating group) is 1. The van der Waals surface area contributed by atoms with Crippen molar-refractivity contribution in [1.82, 2.24) is 4.90 Å². The maximum absolute atomic E-state index is 13.3. The van der Waals surface area contributed by atoms with Gasteiger partial charge in [-0.05, 0) is 25.0 Å². The molecule has 0 unspecified atom stereocenters. The van der Waals surface area contributed by atoms with Crippen LogP contribution in [0.5, 0.6) is 0 Å². The molecule has 0 aromatic heterocycles. The Kier molecular flexibility index (Phi) is 4.76. The molecule has 0 bridgehead atoms. The Balaban J connectivity index is 2.56. The van der Waals surface area contributed by atoms with E-state index in [9.17, 15) is 9.18 Å². The number of carbonyl (C=O) groups is 1. The standard InChI is InChI=1S/C12H16FNO2/c1-3-14(12(15)16-2)9-8-10-6-4-5-7-11(10)13/h4-7H,3,8-9H2,1-2H3. The number of methoxy groups -OCH3 is 1. The van der Waals surface area contributed by atoms with E-state index in [0.717, 1.165) is 0 Å². The Labute approximate surface area is 94.8 Å². The molecule has 0 aliphatic heterocycles. The number of halogens is 1. The molecule has 0 N–H and O–H groups in total. The first-order valence-corrected chi connectivity index (χ1v) is 5.25. The second-order valence-corrected chi connectivity index (χ2v) is 3.39. The first kappa shape index (κ1) is 12.5. The zero-order valence-corrected chi connectivity index (χ0v) is 9.57. The van der Waals surface area contributed by atoms with E-state index < -0.39 is 0 Å². The van der Waals surface area contributed by atoms with Crippen molar-refractivity contribution in [1.29, 1.82) is 0 Å². The summed E-state index contributed by atoms with van der Waals surface area (Å²) in [7, 11) is 1.34. The van der Waals surface area contributed by atoms with Gasteiger partial charge >= 0.3 is 6.09 Å². The fourth-order valence-corrected chi connectivity index (χ4v) is 1.46. The van der Waals surface area contributed by atoms with Gasteiger partial charge in [-0.25, -0.2) is 9.18 Å². The van der Waals surface area contributed by atoms with E-state index in [4.69, 9.17) is 0 Å². The molecular formula is C12H16FNO2. The molecule has 1 aromatic rings. The lowest BCUT2D eigenvalue weighted by molar-refractivity contribution is 0.126. The molecule has 0 spiro atoms. The van der Waals surface area contributed by atoms with Crippen molar-refractivity contribution in [2.75, 3.05) is 20.2 Å². The number of hydrogen-bond acceptors (Lipinski definition) is 2. The highest BCUT2D eigenvalue weighted by molar-refractivity contribution is 5.67. The van der Waals surface area contributed by atoms with Crippen LogP contribution in [0.25, 0.3) is 0 Å². The minimum absolute atomic E-state index is 0.233. The normalized spacial score (nSPS) is 9.94. The van der Waals surface area contributed by atoms with Gasteiger partial charge in [0.25, 0.3) is 0 Å². The molecular weight excluding hydrogens is 209 g/mol. The predicted octanol–water partition coefficient (Wildman–Crippen LogP) is 2.46. The molecule has 1 aromatic carbocycles. The van der Waals surface area contributed by atoms with Crippen LogP contribution in [0.4, 0.5) is 9.18 Å². The summed E-state index contributed by atoms with van der Waals surface area (Å²) in [5.41, 5.74) is 0.616. The number of carbonyl (C=O) groups excluding carboxylic acids is 1. The number of rotatable bonds is 4. The smallest absolute Gasteiger partial charge is 0.409 e. The molecule has 0 atom stereocenters. The largest absolute Gasteiger partial charge is 0.453 e. The molecule has 0 radical (unpaired) electrons. The minimum Gasteiger partial charge on any atom is -0.453 e. The van der Waals surface area contributed by atoms with Crippen LogP contribution in [0.15, 0.2) is 24.3 Å². The van der Waals surface area contributed by atoms with Crippen molar-refractivity contribution in [2.45, 2.75) is 13.3 Å². The third kappa shape index (κ3) is 3.22. The lowest BCUT2D eigenvalue weighted by Gasteiger charge is -2.19. The second kappa shape index (κ2) is 6.10. The Morgan fingerprint density at radius 3 is 2.69 bits per heavy atom. The topological polar surface area (TPSA) is 29.5 Å². The van der Waals surface area contributed by atoms with Crippen molar-refractivity contribution < 1.29 is 13.9 Å². The van der Waals surface area contributed by atoms with Crippen LogP contribution in [-0.4, -0.2) is 31.2 Å². The zero-order chi connectivity index (χ0) is 12.0. The SMILES string of the molecule is CCN(CCc1ccccc1F)C(=O)OC. The van der Waals surface area contributed by atoms with E-state index >= 15 is 0 Å². The van der Waals surface area contributed by atoms with Crippen LogP contribution >= 0.6 is 0 Å². The summed E-state index contributed by atoms with van der Waals surface area (Å²) < 4.78 is 17.9. The van der Waals surface area contributed by atoms with Crippen LogP contribution in [0.2, 0.25) is 0 Å². The van der Waals surface area contributed by atoms with Crippen LogP contribution in [0, 0.1) is 5.82 Å². The molecule has 0 aliphatic rings. The number of benzene rings is 1. The van der Waals surface area contributed by atoms with Crippen LogP contribution in [0.3, 0.4) is 0 Å². The van der Waals surface area contributed by atoms with Crippen LogP contribution in [-0.2, 0) is 11.2 Å². The van der Waals surface area contributed by atoms with Gasteiger partial charge in [-0.15, -0.1) is 0 Å². The minimum atomic E-state index is -0.376. The van der Waals surface area contributed by atoms with E-state index in [-0.39, 0.29) is 11.9 Å². The van der Waals surface area contributed by atoms with E-state index in [1.807, 2.05) is 6.92 Å². The van der Waals surface area contributed by atoms with Crippen molar-refractivity contribution >= 4 is 6.09 Å². The molecule has 0 heterocycles. The van der Waals surface area contributed by atoms with Gasteiger partial charge in [0.2, 0.25) is 0 Å². The fourth-order valence-electron chi connectivity index (χ4n) is 1.46. The lowest BCUT2D eigenvalue weighted by atomic mass is 10.1. The Morgan fingerprint density at radius 1 is 1.44 bits per heavy atom. The highest BCUT2D eigenvalue weighted by atomic mass is 19.1. The number of nitrogens with zero attached hydrogens (tertiary/aromatic N) is 1. The summed E-state index contributed by atoms with van der Waals surface area (Å²) in [6.07, 6.45) is 0.120. The maximum atomic E-state index is 13.3. The first-order valence-electron chi connectivity index (χ1n) is 5.25. The van der Waals surface area contributed by atoms with E-state index in [2.05, 4.69) is 4.74 Å². The molecule has 0 fully saturated rings. The molecule has 0 aliphatic carbocycles. The quantitative estimate of drug-likeness (QED) is 0.787. The summed E-state index contributed by atoms with van der Waals surface area (Å²) in [5, 5.41) is 0. The molecule has 1 rings (SSSR count). The number of hydrogen-bond donors (Lipinski definition) is 0. The van der Waals surface area contributed by atoms with Gasteiger partial charge in [0.15, 0.2) is 0 Å². The highest BCUT2D eigenvalue weighted by Crippen LogP contribution is 2.08. The van der Waals surface area contributed by atoms with Gasteiger partial charge in [-0.3, -0.25) is 0 Å². The number of ether oxygens (including phenoxy) is 1. The Hall–Kier alpha value is -1.58. The Bertz CT molecular complexity index is 355. The van der Waals surface area contributed by atoms with Crippen molar-refractivity contribution in [2.24, 2.45) is 0 Å². The van der Waals surface area contributed by atoms with E-state index in [1.165, 1.54) is 18.1 Å². The second-order valence-electron chi connectivity index (χ2n) is 3.39. The summed E-state index contributed by atoms with van der Waals surface area (Å²) in [6, 6.07) is 6.58. The number of amides is 1.